The lowest BCUT2D eigenvalue weighted by molar-refractivity contribution is -0.385. The van der Waals surface area contributed by atoms with E-state index in [2.05, 4.69) is 6.92 Å². The second-order valence-corrected chi connectivity index (χ2v) is 5.94. The first-order valence-corrected chi connectivity index (χ1v) is 7.43. The number of hydrogen-bond donors (Lipinski definition) is 1. The van der Waals surface area contributed by atoms with Crippen molar-refractivity contribution in [3.63, 3.8) is 0 Å². The fourth-order valence-corrected chi connectivity index (χ4v) is 3.31. The third kappa shape index (κ3) is 3.18. The van der Waals surface area contributed by atoms with Gasteiger partial charge in [0, 0.05) is 11.6 Å². The van der Waals surface area contributed by atoms with Crippen LogP contribution in [0, 0.1) is 28.9 Å². The highest BCUT2D eigenvalue weighted by Gasteiger charge is 2.29. The van der Waals surface area contributed by atoms with Gasteiger partial charge in [-0.1, -0.05) is 25.5 Å². The topological polar surface area (TPSA) is 63.4 Å². The lowest BCUT2D eigenvalue weighted by Crippen LogP contribution is -2.30. The molecule has 1 aliphatic carbocycles. The molecule has 1 fully saturated rings. The fraction of sp³-hybridized carbons (Fsp3) is 0.625. The summed E-state index contributed by atoms with van der Waals surface area (Å²) < 4.78 is 0. The van der Waals surface area contributed by atoms with Crippen molar-refractivity contribution in [3.8, 4) is 0 Å². The molecule has 3 atom stereocenters. The number of benzene rings is 1. The Morgan fingerprint density at radius 2 is 2.15 bits per heavy atom. The van der Waals surface area contributed by atoms with Crippen LogP contribution in [0.5, 0.6) is 0 Å². The van der Waals surface area contributed by atoms with Crippen molar-refractivity contribution in [3.05, 3.63) is 39.4 Å². The molecule has 0 amide bonds. The number of rotatable bonds is 4. The minimum absolute atomic E-state index is 0.180. The van der Waals surface area contributed by atoms with Crippen LogP contribution in [0.25, 0.3) is 0 Å². The molecule has 0 spiro atoms. The zero-order valence-electron chi connectivity index (χ0n) is 12.2. The molecule has 110 valence electrons. The van der Waals surface area contributed by atoms with Gasteiger partial charge in [0.05, 0.1) is 11.0 Å². The van der Waals surface area contributed by atoms with Gasteiger partial charge in [0.1, 0.15) is 0 Å². The van der Waals surface area contributed by atoms with Gasteiger partial charge in [-0.25, -0.2) is 0 Å². The normalized spacial score (nSPS) is 26.4. The first-order valence-electron chi connectivity index (χ1n) is 7.43. The van der Waals surface area contributed by atoms with Crippen molar-refractivity contribution in [1.29, 1.82) is 0 Å². The number of aliphatic hydroxyl groups excluding tert-OH is 1. The molecular weight excluding hydrogens is 254 g/mol. The van der Waals surface area contributed by atoms with E-state index in [4.69, 9.17) is 0 Å². The molecule has 4 heteroatoms. The Balaban J connectivity index is 2.16. The largest absolute Gasteiger partial charge is 0.393 e. The Kier molecular flexibility index (Phi) is 4.76. The number of nitro groups is 1. The lowest BCUT2D eigenvalue weighted by Gasteiger charge is -2.33. The molecule has 1 N–H and O–H groups in total. The molecule has 0 aliphatic heterocycles. The van der Waals surface area contributed by atoms with Gasteiger partial charge >= 0.3 is 0 Å². The van der Waals surface area contributed by atoms with Crippen molar-refractivity contribution in [1.82, 2.24) is 0 Å². The monoisotopic (exact) mass is 277 g/mol. The smallest absolute Gasteiger partial charge is 0.272 e. The van der Waals surface area contributed by atoms with E-state index in [0.717, 1.165) is 43.2 Å². The van der Waals surface area contributed by atoms with E-state index in [1.165, 1.54) is 0 Å². The van der Waals surface area contributed by atoms with E-state index < -0.39 is 0 Å². The fourth-order valence-electron chi connectivity index (χ4n) is 3.31. The average molecular weight is 277 g/mol. The third-order valence-electron chi connectivity index (χ3n) is 4.72. The van der Waals surface area contributed by atoms with Crippen molar-refractivity contribution in [2.75, 3.05) is 0 Å². The summed E-state index contributed by atoms with van der Waals surface area (Å²) in [5.74, 6) is 0.914. The Labute approximate surface area is 120 Å². The second kappa shape index (κ2) is 6.35. The van der Waals surface area contributed by atoms with Gasteiger partial charge in [0.25, 0.3) is 5.69 Å². The maximum Gasteiger partial charge on any atom is 0.272 e. The highest BCUT2D eigenvalue weighted by Crippen LogP contribution is 2.34. The van der Waals surface area contributed by atoms with Gasteiger partial charge in [0.15, 0.2) is 0 Å². The predicted molar refractivity (Wildman–Crippen MR) is 78.7 cm³/mol. The highest BCUT2D eigenvalue weighted by molar-refractivity contribution is 5.44. The van der Waals surface area contributed by atoms with Crippen LogP contribution in [0.1, 0.15) is 43.7 Å². The molecule has 1 aromatic rings. The van der Waals surface area contributed by atoms with Crippen LogP contribution in [0.2, 0.25) is 0 Å². The first kappa shape index (κ1) is 15.0. The van der Waals surface area contributed by atoms with Crippen LogP contribution >= 0.6 is 0 Å². The van der Waals surface area contributed by atoms with Crippen LogP contribution in [-0.2, 0) is 6.42 Å². The highest BCUT2D eigenvalue weighted by atomic mass is 16.6. The molecule has 0 aromatic heterocycles. The standard InChI is InChI=1S/C16H23NO3/c1-3-12-7-8-16(18)14(9-12)10-13-5-4-6-15(11(13)2)17(19)20/h4-6,12,14,16,18H,3,7-10H2,1-2H3. The summed E-state index contributed by atoms with van der Waals surface area (Å²) >= 11 is 0. The molecule has 1 aromatic carbocycles. The van der Waals surface area contributed by atoms with E-state index in [1.807, 2.05) is 6.07 Å². The Bertz CT molecular complexity index is 487. The molecule has 0 radical (unpaired) electrons. The van der Waals surface area contributed by atoms with Crippen molar-refractivity contribution >= 4 is 5.69 Å². The van der Waals surface area contributed by atoms with Crippen LogP contribution in [-0.4, -0.2) is 16.1 Å². The molecule has 1 aliphatic rings. The Morgan fingerprint density at radius 1 is 1.40 bits per heavy atom. The number of nitro benzene ring substituents is 1. The average Bonchev–Trinajstić information content (AvgIpc) is 2.43. The summed E-state index contributed by atoms with van der Waals surface area (Å²) in [6.07, 6.45) is 4.61. The predicted octanol–water partition coefficient (Wildman–Crippen LogP) is 3.63. The van der Waals surface area contributed by atoms with Gasteiger partial charge in [-0.3, -0.25) is 10.1 Å². The maximum atomic E-state index is 11.0. The molecule has 20 heavy (non-hydrogen) atoms. The van der Waals surface area contributed by atoms with Crippen LogP contribution < -0.4 is 0 Å². The summed E-state index contributed by atoms with van der Waals surface area (Å²) in [6, 6.07) is 5.24. The van der Waals surface area contributed by atoms with E-state index >= 15 is 0 Å². The van der Waals surface area contributed by atoms with Gasteiger partial charge in [-0.05, 0) is 50.0 Å². The van der Waals surface area contributed by atoms with Crippen LogP contribution in [0.4, 0.5) is 5.69 Å². The Hall–Kier alpha value is -1.42. The quantitative estimate of drug-likeness (QED) is 0.675. The zero-order valence-corrected chi connectivity index (χ0v) is 12.2. The van der Waals surface area contributed by atoms with E-state index in [1.54, 1.807) is 19.1 Å². The minimum atomic E-state index is -0.328. The molecule has 0 heterocycles. The molecule has 2 rings (SSSR count). The summed E-state index contributed by atoms with van der Waals surface area (Å²) in [5.41, 5.74) is 1.92. The van der Waals surface area contributed by atoms with Crippen LogP contribution in [0.3, 0.4) is 0 Å². The Morgan fingerprint density at radius 3 is 2.80 bits per heavy atom. The minimum Gasteiger partial charge on any atom is -0.393 e. The van der Waals surface area contributed by atoms with Gasteiger partial charge in [0.2, 0.25) is 0 Å². The van der Waals surface area contributed by atoms with Crippen LogP contribution in [0.15, 0.2) is 18.2 Å². The molecule has 0 saturated heterocycles. The third-order valence-corrected chi connectivity index (χ3v) is 4.72. The van der Waals surface area contributed by atoms with Crippen molar-refractivity contribution in [2.24, 2.45) is 11.8 Å². The second-order valence-electron chi connectivity index (χ2n) is 5.94. The van der Waals surface area contributed by atoms with Crippen molar-refractivity contribution < 1.29 is 10.0 Å². The molecule has 1 saturated carbocycles. The van der Waals surface area contributed by atoms with Crippen molar-refractivity contribution in [2.45, 2.75) is 52.1 Å². The zero-order chi connectivity index (χ0) is 14.7. The molecular formula is C16H23NO3. The summed E-state index contributed by atoms with van der Waals surface area (Å²) in [4.78, 5) is 10.7. The number of hydrogen-bond acceptors (Lipinski definition) is 3. The van der Waals surface area contributed by atoms with Gasteiger partial charge in [-0.2, -0.15) is 0 Å². The summed E-state index contributed by atoms with van der Waals surface area (Å²) in [6.45, 7) is 4.00. The number of nitrogens with zero attached hydrogens (tertiary/aromatic N) is 1. The van der Waals surface area contributed by atoms with Gasteiger partial charge < -0.3 is 5.11 Å². The number of aliphatic hydroxyl groups is 1. The molecule has 0 bridgehead atoms. The molecule has 4 nitrogen and oxygen atoms in total. The van der Waals surface area contributed by atoms with E-state index in [9.17, 15) is 15.2 Å². The maximum absolute atomic E-state index is 11.0. The first-order chi connectivity index (χ1) is 9.52. The summed E-state index contributed by atoms with van der Waals surface area (Å²) in [5, 5.41) is 21.2. The SMILES string of the molecule is CCC1CCC(O)C(Cc2cccc([N+](=O)[O-])c2C)C1. The lowest BCUT2D eigenvalue weighted by atomic mass is 9.75. The van der Waals surface area contributed by atoms with Gasteiger partial charge in [-0.15, -0.1) is 0 Å². The summed E-state index contributed by atoms with van der Waals surface area (Å²) in [7, 11) is 0. The van der Waals surface area contributed by atoms with E-state index in [-0.39, 0.29) is 22.6 Å². The van der Waals surface area contributed by atoms with E-state index in [0.29, 0.717) is 5.92 Å². The molecule has 3 unspecified atom stereocenters.